The molecule has 0 unspecified atom stereocenters. The Bertz CT molecular complexity index is 347. The van der Waals surface area contributed by atoms with Gasteiger partial charge in [0.25, 0.3) is 0 Å². The third-order valence-corrected chi connectivity index (χ3v) is 1.50. The molecular weight excluding hydrogens is 181 g/mol. The van der Waals surface area contributed by atoms with Crippen molar-refractivity contribution >= 4 is 0 Å². The van der Waals surface area contributed by atoms with Crippen LogP contribution in [0.1, 0.15) is 11.6 Å². The summed E-state index contributed by atoms with van der Waals surface area (Å²) in [4.78, 5) is 0. The van der Waals surface area contributed by atoms with Gasteiger partial charge in [-0.05, 0) is 17.7 Å². The molecule has 0 fully saturated rings. The van der Waals surface area contributed by atoms with E-state index >= 15 is 0 Å². The molecule has 0 aromatic heterocycles. The number of nitrogens with zero attached hydrogens (tertiary/aromatic N) is 1. The van der Waals surface area contributed by atoms with Crippen LogP contribution in [-0.2, 0) is 0 Å². The molecule has 1 aromatic rings. The standard InChI is InChI=1S/C8H5F3N2/c9-5-1-4(7(13)3-12)2-6(10)8(5)11/h1-2,7H,13H2/t7-/m1/s1. The molecule has 2 N–H and O–H groups in total. The van der Waals surface area contributed by atoms with Crippen molar-refractivity contribution in [3.63, 3.8) is 0 Å². The van der Waals surface area contributed by atoms with Crippen molar-refractivity contribution in [1.82, 2.24) is 0 Å². The molecule has 0 bridgehead atoms. The average molecular weight is 186 g/mol. The highest BCUT2D eigenvalue weighted by Crippen LogP contribution is 2.17. The molecule has 13 heavy (non-hydrogen) atoms. The van der Waals surface area contributed by atoms with Crippen molar-refractivity contribution in [2.24, 2.45) is 5.73 Å². The topological polar surface area (TPSA) is 49.8 Å². The Morgan fingerprint density at radius 2 is 1.69 bits per heavy atom. The predicted octanol–water partition coefficient (Wildman–Crippen LogP) is 1.63. The first-order valence-corrected chi connectivity index (χ1v) is 3.36. The Morgan fingerprint density at radius 3 is 2.08 bits per heavy atom. The summed E-state index contributed by atoms with van der Waals surface area (Å²) < 4.78 is 37.5. The van der Waals surface area contributed by atoms with Crippen LogP contribution in [-0.4, -0.2) is 0 Å². The predicted molar refractivity (Wildman–Crippen MR) is 38.9 cm³/mol. The SMILES string of the molecule is N#C[C@@H](N)c1cc(F)c(F)c(F)c1. The minimum Gasteiger partial charge on any atom is -0.312 e. The Labute approximate surface area is 72.4 Å². The molecule has 0 saturated heterocycles. The van der Waals surface area contributed by atoms with Gasteiger partial charge in [0.1, 0.15) is 6.04 Å². The summed E-state index contributed by atoms with van der Waals surface area (Å²) in [5.41, 5.74) is 5.08. The fourth-order valence-electron chi connectivity index (χ4n) is 0.829. The van der Waals surface area contributed by atoms with Crippen LogP contribution in [0.2, 0.25) is 0 Å². The van der Waals surface area contributed by atoms with Crippen LogP contribution >= 0.6 is 0 Å². The lowest BCUT2D eigenvalue weighted by Crippen LogP contribution is -2.08. The molecule has 1 aromatic carbocycles. The van der Waals surface area contributed by atoms with Gasteiger partial charge in [-0.2, -0.15) is 5.26 Å². The molecule has 1 rings (SSSR count). The van der Waals surface area contributed by atoms with Gasteiger partial charge < -0.3 is 5.73 Å². The van der Waals surface area contributed by atoms with Crippen molar-refractivity contribution in [3.8, 4) is 6.07 Å². The third kappa shape index (κ3) is 1.79. The Kier molecular flexibility index (Phi) is 2.54. The van der Waals surface area contributed by atoms with Crippen LogP contribution in [0, 0.1) is 28.8 Å². The average Bonchev–Trinajstić information content (AvgIpc) is 2.12. The van der Waals surface area contributed by atoms with Gasteiger partial charge in [0.05, 0.1) is 6.07 Å². The van der Waals surface area contributed by atoms with Crippen LogP contribution in [0.25, 0.3) is 0 Å². The molecule has 0 spiro atoms. The third-order valence-electron chi connectivity index (χ3n) is 1.50. The molecule has 5 heteroatoms. The number of halogens is 3. The number of nitrogens with two attached hydrogens (primary N) is 1. The van der Waals surface area contributed by atoms with Crippen molar-refractivity contribution in [1.29, 1.82) is 5.26 Å². The Hall–Kier alpha value is -1.54. The zero-order valence-electron chi connectivity index (χ0n) is 6.39. The molecular formula is C8H5F3N2. The first-order chi connectivity index (χ1) is 6.06. The normalized spacial score (nSPS) is 12.2. The van der Waals surface area contributed by atoms with Crippen LogP contribution in [0.5, 0.6) is 0 Å². The highest BCUT2D eigenvalue weighted by molar-refractivity contribution is 5.25. The summed E-state index contributed by atoms with van der Waals surface area (Å²) >= 11 is 0. The molecule has 2 nitrogen and oxygen atoms in total. The molecule has 1 atom stereocenters. The van der Waals surface area contributed by atoms with Gasteiger partial charge in [0.2, 0.25) is 0 Å². The summed E-state index contributed by atoms with van der Waals surface area (Å²) in [6.45, 7) is 0. The maximum absolute atomic E-state index is 12.6. The molecule has 0 heterocycles. The molecule has 0 aliphatic rings. The second-order valence-corrected chi connectivity index (χ2v) is 2.41. The summed E-state index contributed by atoms with van der Waals surface area (Å²) in [7, 11) is 0. The molecule has 0 amide bonds. The van der Waals surface area contributed by atoms with E-state index in [4.69, 9.17) is 11.0 Å². The van der Waals surface area contributed by atoms with Gasteiger partial charge in [0, 0.05) is 0 Å². The Balaban J connectivity index is 3.22. The second-order valence-electron chi connectivity index (χ2n) is 2.41. The summed E-state index contributed by atoms with van der Waals surface area (Å²) in [6.07, 6.45) is 0. The second kappa shape index (κ2) is 3.46. The van der Waals surface area contributed by atoms with Crippen LogP contribution in [0.3, 0.4) is 0 Å². The van der Waals surface area contributed by atoms with Crippen molar-refractivity contribution in [2.75, 3.05) is 0 Å². The van der Waals surface area contributed by atoms with Gasteiger partial charge in [0.15, 0.2) is 17.5 Å². The molecule has 68 valence electrons. The molecule has 0 radical (unpaired) electrons. The lowest BCUT2D eigenvalue weighted by Gasteiger charge is -2.03. The highest BCUT2D eigenvalue weighted by Gasteiger charge is 2.13. The largest absolute Gasteiger partial charge is 0.312 e. The van der Waals surface area contributed by atoms with E-state index in [9.17, 15) is 13.2 Å². The maximum atomic E-state index is 12.6. The number of hydrogen-bond donors (Lipinski definition) is 1. The van der Waals surface area contributed by atoms with Gasteiger partial charge in [-0.1, -0.05) is 0 Å². The van der Waals surface area contributed by atoms with Gasteiger partial charge >= 0.3 is 0 Å². The fourth-order valence-corrected chi connectivity index (χ4v) is 0.829. The van der Waals surface area contributed by atoms with Gasteiger partial charge in [-0.25, -0.2) is 13.2 Å². The van der Waals surface area contributed by atoms with Crippen LogP contribution in [0.4, 0.5) is 13.2 Å². The molecule has 0 aliphatic carbocycles. The lowest BCUT2D eigenvalue weighted by atomic mass is 10.1. The summed E-state index contributed by atoms with van der Waals surface area (Å²) in [6, 6.07) is 1.83. The zero-order valence-corrected chi connectivity index (χ0v) is 6.39. The van der Waals surface area contributed by atoms with E-state index in [-0.39, 0.29) is 5.56 Å². The highest BCUT2D eigenvalue weighted by atomic mass is 19.2. The van der Waals surface area contributed by atoms with E-state index in [1.165, 1.54) is 0 Å². The number of hydrogen-bond acceptors (Lipinski definition) is 2. The number of nitriles is 1. The number of benzene rings is 1. The van der Waals surface area contributed by atoms with E-state index in [1.807, 2.05) is 0 Å². The first kappa shape index (κ1) is 9.55. The summed E-state index contributed by atoms with van der Waals surface area (Å²) in [5.74, 6) is -4.25. The smallest absolute Gasteiger partial charge is 0.194 e. The van der Waals surface area contributed by atoms with Crippen molar-refractivity contribution in [3.05, 3.63) is 35.1 Å². The van der Waals surface area contributed by atoms with Crippen molar-refractivity contribution < 1.29 is 13.2 Å². The van der Waals surface area contributed by atoms with Crippen molar-refractivity contribution in [2.45, 2.75) is 6.04 Å². The number of rotatable bonds is 1. The van der Waals surface area contributed by atoms with E-state index in [0.717, 1.165) is 0 Å². The fraction of sp³-hybridized carbons (Fsp3) is 0.125. The van der Waals surface area contributed by atoms with E-state index in [0.29, 0.717) is 12.1 Å². The van der Waals surface area contributed by atoms with E-state index in [2.05, 4.69) is 0 Å². The molecule has 0 aliphatic heterocycles. The minimum absolute atomic E-state index is 0.0844. The zero-order chi connectivity index (χ0) is 10.0. The summed E-state index contributed by atoms with van der Waals surface area (Å²) in [5, 5.41) is 8.33. The lowest BCUT2D eigenvalue weighted by molar-refractivity contribution is 0.444. The van der Waals surface area contributed by atoms with E-state index in [1.54, 1.807) is 6.07 Å². The van der Waals surface area contributed by atoms with Crippen LogP contribution in [0.15, 0.2) is 12.1 Å². The quantitative estimate of drug-likeness (QED) is 0.677. The first-order valence-electron chi connectivity index (χ1n) is 3.36. The van der Waals surface area contributed by atoms with Crippen LogP contribution < -0.4 is 5.73 Å². The minimum atomic E-state index is -1.56. The Morgan fingerprint density at radius 1 is 1.23 bits per heavy atom. The van der Waals surface area contributed by atoms with Gasteiger partial charge in [-0.3, -0.25) is 0 Å². The van der Waals surface area contributed by atoms with E-state index < -0.39 is 23.5 Å². The monoisotopic (exact) mass is 186 g/mol. The maximum Gasteiger partial charge on any atom is 0.194 e. The molecule has 0 saturated carbocycles. The van der Waals surface area contributed by atoms with Gasteiger partial charge in [-0.15, -0.1) is 0 Å².